The maximum atomic E-state index is 13.0. The number of hydrogen-bond donors (Lipinski definition) is 1. The fourth-order valence-electron chi connectivity index (χ4n) is 3.40. The van der Waals surface area contributed by atoms with E-state index in [1.54, 1.807) is 26.0 Å². The number of allylic oxidation sites excluding steroid dienone is 1. The van der Waals surface area contributed by atoms with Gasteiger partial charge in [-0.3, -0.25) is 19.3 Å². The SMILES string of the molecule is [B]C([B])([B])C(O)(C(N=C(C=C)c1cc(-n2c(C)cc(OC)c(Cl)c2=O)c(C)cn1)=NC)C([B])([B])[B]. The van der Waals surface area contributed by atoms with Crippen LogP contribution in [0, 0.1) is 13.8 Å². The molecule has 0 saturated heterocycles. The smallest absolute Gasteiger partial charge is 0.277 e. The zero-order valence-corrected chi connectivity index (χ0v) is 20.7. The standard InChI is InChI=1S/C21H19B6ClN4O3/c1-6-12(31-18(29-4)19(34,20(22,23)24)21(25,26)27)13-8-14(10(2)9-30-13)32-11(3)7-15(35-5)16(28)17(32)33/h6-9,34H,1H2,2-5H3. The lowest BCUT2D eigenvalue weighted by Gasteiger charge is -2.51. The fraction of sp³-hybridized carbons (Fsp3) is 0.333. The summed E-state index contributed by atoms with van der Waals surface area (Å²) in [4.78, 5) is 25.5. The second-order valence-corrected chi connectivity index (χ2v) is 8.37. The van der Waals surface area contributed by atoms with Gasteiger partial charge in [0.2, 0.25) is 0 Å². The van der Waals surface area contributed by atoms with E-state index in [-0.39, 0.29) is 22.2 Å². The van der Waals surface area contributed by atoms with Crippen molar-refractivity contribution in [3.8, 4) is 11.4 Å². The quantitative estimate of drug-likeness (QED) is 0.357. The van der Waals surface area contributed by atoms with E-state index in [2.05, 4.69) is 21.5 Å². The third-order valence-corrected chi connectivity index (χ3v) is 5.65. The van der Waals surface area contributed by atoms with E-state index in [0.717, 1.165) is 0 Å². The van der Waals surface area contributed by atoms with E-state index in [9.17, 15) is 9.90 Å². The van der Waals surface area contributed by atoms with Gasteiger partial charge < -0.3 is 9.84 Å². The van der Waals surface area contributed by atoms with Crippen LogP contribution in [0.2, 0.25) is 15.2 Å². The molecular formula is C21H19B6ClN4O3. The highest BCUT2D eigenvalue weighted by Gasteiger charge is 2.50. The molecule has 0 amide bonds. The number of hydrogen-bond acceptors (Lipinski definition) is 5. The van der Waals surface area contributed by atoms with Gasteiger partial charge in [-0.05, 0) is 31.6 Å². The molecule has 35 heavy (non-hydrogen) atoms. The topological polar surface area (TPSA) is 89.1 Å². The summed E-state index contributed by atoms with van der Waals surface area (Å²) in [5, 5.41) is 6.18. The van der Waals surface area contributed by atoms with Gasteiger partial charge in [0.15, 0.2) is 5.84 Å². The summed E-state index contributed by atoms with van der Waals surface area (Å²) in [6.07, 6.45) is 2.83. The number of pyridine rings is 2. The molecule has 2 rings (SSSR count). The molecular weight excluding hydrogens is 457 g/mol. The van der Waals surface area contributed by atoms with Gasteiger partial charge >= 0.3 is 0 Å². The normalized spacial score (nSPS) is 13.5. The van der Waals surface area contributed by atoms with Crippen molar-refractivity contribution < 1.29 is 9.84 Å². The average molecular weight is 476 g/mol. The van der Waals surface area contributed by atoms with Crippen molar-refractivity contribution >= 4 is 70.2 Å². The number of aromatic nitrogens is 2. The first kappa shape index (κ1) is 28.9. The first-order chi connectivity index (χ1) is 16.0. The van der Waals surface area contributed by atoms with E-state index in [4.69, 9.17) is 63.4 Å². The van der Waals surface area contributed by atoms with Gasteiger partial charge in [-0.15, -0.1) is 0 Å². The van der Waals surface area contributed by atoms with Crippen LogP contribution in [0.25, 0.3) is 5.69 Å². The molecule has 0 saturated carbocycles. The zero-order chi connectivity index (χ0) is 26.9. The van der Waals surface area contributed by atoms with Crippen molar-refractivity contribution in [1.29, 1.82) is 0 Å². The monoisotopic (exact) mass is 476 g/mol. The maximum absolute atomic E-state index is 13.0. The molecule has 0 aliphatic heterocycles. The number of amidine groups is 1. The van der Waals surface area contributed by atoms with Gasteiger partial charge in [-0.25, -0.2) is 4.99 Å². The third kappa shape index (κ3) is 5.26. The second kappa shape index (κ2) is 10.3. The maximum Gasteiger partial charge on any atom is 0.277 e. The van der Waals surface area contributed by atoms with E-state index < -0.39 is 27.2 Å². The molecule has 14 heteroatoms. The van der Waals surface area contributed by atoms with Crippen LogP contribution in [0.1, 0.15) is 17.0 Å². The molecule has 0 unspecified atom stereocenters. The fourth-order valence-corrected chi connectivity index (χ4v) is 3.62. The highest BCUT2D eigenvalue weighted by molar-refractivity contribution is 6.67. The van der Waals surface area contributed by atoms with Crippen LogP contribution in [0.4, 0.5) is 0 Å². The number of rotatable bonds is 7. The van der Waals surface area contributed by atoms with Crippen molar-refractivity contribution in [2.75, 3.05) is 14.2 Å². The minimum Gasteiger partial charge on any atom is -0.495 e. The molecule has 7 nitrogen and oxygen atoms in total. The molecule has 2 aromatic rings. The summed E-state index contributed by atoms with van der Waals surface area (Å²) in [7, 11) is 37.1. The molecule has 0 spiro atoms. The van der Waals surface area contributed by atoms with Crippen molar-refractivity contribution in [3.05, 3.63) is 63.3 Å². The van der Waals surface area contributed by atoms with Crippen molar-refractivity contribution in [2.24, 2.45) is 9.98 Å². The van der Waals surface area contributed by atoms with E-state index >= 15 is 0 Å². The van der Waals surface area contributed by atoms with Crippen molar-refractivity contribution in [2.45, 2.75) is 29.7 Å². The number of ether oxygens (including phenoxy) is 1. The Morgan fingerprint density at radius 1 is 1.20 bits per heavy atom. The van der Waals surface area contributed by atoms with Crippen molar-refractivity contribution in [1.82, 2.24) is 9.55 Å². The molecule has 2 heterocycles. The molecule has 0 aliphatic carbocycles. The van der Waals surface area contributed by atoms with Crippen LogP contribution in [0.5, 0.6) is 5.75 Å². The molecule has 2 aromatic heterocycles. The van der Waals surface area contributed by atoms with Gasteiger partial charge in [0.25, 0.3) is 5.56 Å². The largest absolute Gasteiger partial charge is 0.495 e. The Hall–Kier alpha value is -2.38. The molecule has 0 atom stereocenters. The number of aliphatic imine (C=N–C) groups is 2. The van der Waals surface area contributed by atoms with Crippen LogP contribution in [0.15, 0.2) is 45.8 Å². The van der Waals surface area contributed by atoms with Gasteiger partial charge in [0.05, 0.1) is 76.9 Å². The van der Waals surface area contributed by atoms with Crippen LogP contribution >= 0.6 is 11.6 Å². The summed E-state index contributed by atoms with van der Waals surface area (Å²) >= 11 is 6.20. The molecule has 0 bridgehead atoms. The summed E-state index contributed by atoms with van der Waals surface area (Å²) < 4.78 is 6.56. The van der Waals surface area contributed by atoms with Crippen LogP contribution in [-0.4, -0.2) is 93.0 Å². The Balaban J connectivity index is 2.79. The van der Waals surface area contributed by atoms with Gasteiger partial charge in [-0.2, -0.15) is 0 Å². The van der Waals surface area contributed by atoms with E-state index in [0.29, 0.717) is 16.9 Å². The van der Waals surface area contributed by atoms with Crippen molar-refractivity contribution in [3.63, 3.8) is 0 Å². The van der Waals surface area contributed by atoms with E-state index in [1.165, 1.54) is 31.0 Å². The second-order valence-electron chi connectivity index (χ2n) is 7.99. The highest BCUT2D eigenvalue weighted by atomic mass is 35.5. The van der Waals surface area contributed by atoms with Gasteiger partial charge in [0, 0.05) is 25.0 Å². The number of aryl methyl sites for hydroxylation is 2. The third-order valence-electron chi connectivity index (χ3n) is 5.31. The molecule has 1 N–H and O–H groups in total. The zero-order valence-electron chi connectivity index (χ0n) is 19.9. The Kier molecular flexibility index (Phi) is 8.50. The lowest BCUT2D eigenvalue weighted by Crippen LogP contribution is -2.60. The first-order valence-electron chi connectivity index (χ1n) is 10.1. The Labute approximate surface area is 218 Å². The van der Waals surface area contributed by atoms with Crippen LogP contribution < -0.4 is 10.3 Å². The minimum atomic E-state index is -2.69. The lowest BCUT2D eigenvalue weighted by atomic mass is 9.23. The molecule has 0 fully saturated rings. The molecule has 166 valence electrons. The number of aliphatic hydroxyl groups is 1. The minimum absolute atomic E-state index is 0.0871. The predicted molar refractivity (Wildman–Crippen MR) is 146 cm³/mol. The molecule has 0 aromatic carbocycles. The summed E-state index contributed by atoms with van der Waals surface area (Å²) in [6, 6.07) is 3.20. The first-order valence-corrected chi connectivity index (χ1v) is 10.5. The average Bonchev–Trinajstić information content (AvgIpc) is 2.76. The predicted octanol–water partition coefficient (Wildman–Crippen LogP) is 0.404. The Bertz CT molecular complexity index is 1250. The van der Waals surface area contributed by atoms with Crippen LogP contribution in [0.3, 0.4) is 0 Å². The number of methoxy groups -OCH3 is 1. The lowest BCUT2D eigenvalue weighted by molar-refractivity contribution is 0.113. The summed E-state index contributed by atoms with van der Waals surface area (Å²) in [5.41, 5.74) is -1.20. The van der Waals surface area contributed by atoms with E-state index in [1.807, 2.05) is 0 Å². The summed E-state index contributed by atoms with van der Waals surface area (Å²) in [6.45, 7) is 7.21. The van der Waals surface area contributed by atoms with Crippen LogP contribution in [-0.2, 0) is 0 Å². The highest BCUT2D eigenvalue weighted by Crippen LogP contribution is 2.44. The number of halogens is 1. The van der Waals surface area contributed by atoms with Gasteiger partial charge in [-0.1, -0.05) is 28.4 Å². The van der Waals surface area contributed by atoms with Gasteiger partial charge in [0.1, 0.15) is 10.8 Å². The number of nitrogens with zero attached hydrogens (tertiary/aromatic N) is 4. The molecule has 0 aliphatic rings. The summed E-state index contributed by atoms with van der Waals surface area (Å²) in [5.74, 6) is -0.228. The Morgan fingerprint density at radius 3 is 2.23 bits per heavy atom. The molecule has 12 radical (unpaired) electrons. The Morgan fingerprint density at radius 2 is 1.77 bits per heavy atom.